The van der Waals surface area contributed by atoms with Gasteiger partial charge in [-0.15, -0.1) is 0 Å². The number of allylic oxidation sites excluding steroid dienone is 4. The fraction of sp³-hybridized carbons (Fsp3) is 0.273. The lowest BCUT2D eigenvalue weighted by Gasteiger charge is -2.12. The van der Waals surface area contributed by atoms with Gasteiger partial charge in [0.05, 0.1) is 0 Å². The van der Waals surface area contributed by atoms with E-state index in [0.29, 0.717) is 5.92 Å². The van der Waals surface area contributed by atoms with Crippen LogP contribution in [0.5, 0.6) is 0 Å². The highest BCUT2D eigenvalue weighted by atomic mass is 14.9. The number of anilines is 1. The Hall–Kier alpha value is -2.28. The third-order valence-electron chi connectivity index (χ3n) is 4.68. The first kappa shape index (κ1) is 15.6. The first-order valence-corrected chi connectivity index (χ1v) is 8.39. The van der Waals surface area contributed by atoms with Crippen LogP contribution in [0.15, 0.2) is 54.6 Å². The second-order valence-corrected chi connectivity index (χ2v) is 6.49. The van der Waals surface area contributed by atoms with Gasteiger partial charge in [0, 0.05) is 18.2 Å². The topological polar surface area (TPSA) is 12.0 Å². The maximum atomic E-state index is 3.53. The molecular formula is C22H25N. The molecular weight excluding hydrogens is 278 g/mol. The summed E-state index contributed by atoms with van der Waals surface area (Å²) < 4.78 is 0. The van der Waals surface area contributed by atoms with Gasteiger partial charge in [-0.05, 0) is 54.7 Å². The Morgan fingerprint density at radius 2 is 1.96 bits per heavy atom. The summed E-state index contributed by atoms with van der Waals surface area (Å²) in [5.74, 6) is 0.603. The maximum Gasteiger partial charge on any atom is 0.0382 e. The van der Waals surface area contributed by atoms with Crippen LogP contribution in [0.25, 0.3) is 11.1 Å². The largest absolute Gasteiger partial charge is 0.384 e. The summed E-state index contributed by atoms with van der Waals surface area (Å²) in [7, 11) is 0. The van der Waals surface area contributed by atoms with Gasteiger partial charge in [0.15, 0.2) is 0 Å². The fourth-order valence-electron chi connectivity index (χ4n) is 3.32. The highest BCUT2D eigenvalue weighted by Crippen LogP contribution is 2.35. The minimum Gasteiger partial charge on any atom is -0.384 e. The standard InChI is InChI=1S/C22H25N/c1-5-7-21(17(4)18-9-6-8-15(2)12-18)19-10-11-20-16(3)14-23-22(20)13-19/h5-13,16,23H,14H2,1-4H3/b7-5-,21-17-. The van der Waals surface area contributed by atoms with Crippen molar-refractivity contribution in [2.24, 2.45) is 0 Å². The zero-order chi connectivity index (χ0) is 16.4. The molecule has 1 heteroatoms. The smallest absolute Gasteiger partial charge is 0.0382 e. The van der Waals surface area contributed by atoms with Crippen LogP contribution in [-0.4, -0.2) is 6.54 Å². The van der Waals surface area contributed by atoms with E-state index >= 15 is 0 Å². The van der Waals surface area contributed by atoms with E-state index < -0.39 is 0 Å². The highest BCUT2D eigenvalue weighted by molar-refractivity contribution is 5.95. The number of hydrogen-bond donors (Lipinski definition) is 1. The van der Waals surface area contributed by atoms with Gasteiger partial charge in [0.1, 0.15) is 0 Å². The second kappa shape index (κ2) is 6.45. The molecule has 0 radical (unpaired) electrons. The molecule has 3 rings (SSSR count). The molecule has 0 saturated heterocycles. The average Bonchev–Trinajstić information content (AvgIpc) is 2.92. The van der Waals surface area contributed by atoms with Crippen molar-refractivity contribution in [2.45, 2.75) is 33.6 Å². The van der Waals surface area contributed by atoms with E-state index in [1.54, 1.807) is 0 Å². The van der Waals surface area contributed by atoms with Crippen molar-refractivity contribution in [1.82, 2.24) is 0 Å². The van der Waals surface area contributed by atoms with Crippen LogP contribution < -0.4 is 5.32 Å². The Bertz CT molecular complexity index is 780. The molecule has 1 atom stereocenters. The maximum absolute atomic E-state index is 3.53. The van der Waals surface area contributed by atoms with Crippen molar-refractivity contribution in [2.75, 3.05) is 11.9 Å². The summed E-state index contributed by atoms with van der Waals surface area (Å²) in [4.78, 5) is 0. The van der Waals surface area contributed by atoms with E-state index in [-0.39, 0.29) is 0 Å². The molecule has 0 spiro atoms. The normalized spacial score (nSPS) is 17.8. The molecule has 2 aromatic rings. The molecule has 0 aromatic heterocycles. The Balaban J connectivity index is 2.10. The fourth-order valence-corrected chi connectivity index (χ4v) is 3.32. The van der Waals surface area contributed by atoms with Crippen LogP contribution >= 0.6 is 0 Å². The lowest BCUT2D eigenvalue weighted by molar-refractivity contribution is 0.854. The molecule has 0 aliphatic carbocycles. The predicted molar refractivity (Wildman–Crippen MR) is 102 cm³/mol. The number of hydrogen-bond acceptors (Lipinski definition) is 1. The van der Waals surface area contributed by atoms with Crippen molar-refractivity contribution in [3.8, 4) is 0 Å². The number of rotatable bonds is 3. The summed E-state index contributed by atoms with van der Waals surface area (Å²) in [6.45, 7) is 9.76. The van der Waals surface area contributed by atoms with Gasteiger partial charge in [-0.3, -0.25) is 0 Å². The number of benzene rings is 2. The van der Waals surface area contributed by atoms with Crippen molar-refractivity contribution in [1.29, 1.82) is 0 Å². The summed E-state index contributed by atoms with van der Waals surface area (Å²) in [6.07, 6.45) is 4.34. The van der Waals surface area contributed by atoms with Crippen LogP contribution in [0.3, 0.4) is 0 Å². The molecule has 0 amide bonds. The SMILES string of the molecule is C/C=C\C(=C(/C)c1cccc(C)c1)c1ccc2c(c1)NCC2C. The molecule has 1 N–H and O–H groups in total. The first-order valence-electron chi connectivity index (χ1n) is 8.39. The van der Waals surface area contributed by atoms with Gasteiger partial charge in [0.25, 0.3) is 0 Å². The predicted octanol–water partition coefficient (Wildman–Crippen LogP) is 6.03. The van der Waals surface area contributed by atoms with Gasteiger partial charge < -0.3 is 5.32 Å². The Kier molecular flexibility index (Phi) is 4.38. The number of fused-ring (bicyclic) bond motifs is 1. The lowest BCUT2D eigenvalue weighted by Crippen LogP contribution is -1.95. The monoisotopic (exact) mass is 303 g/mol. The Morgan fingerprint density at radius 3 is 2.70 bits per heavy atom. The Labute approximate surface area is 139 Å². The minimum atomic E-state index is 0.603. The molecule has 2 aromatic carbocycles. The third-order valence-corrected chi connectivity index (χ3v) is 4.68. The molecule has 1 heterocycles. The van der Waals surface area contributed by atoms with E-state index in [1.807, 2.05) is 0 Å². The van der Waals surface area contributed by atoms with Gasteiger partial charge in [-0.25, -0.2) is 0 Å². The van der Waals surface area contributed by atoms with Crippen LogP contribution in [-0.2, 0) is 0 Å². The number of nitrogens with one attached hydrogen (secondary N) is 1. The third kappa shape index (κ3) is 3.10. The summed E-state index contributed by atoms with van der Waals surface area (Å²) in [5, 5.41) is 3.53. The second-order valence-electron chi connectivity index (χ2n) is 6.49. The van der Waals surface area contributed by atoms with E-state index in [4.69, 9.17) is 0 Å². The summed E-state index contributed by atoms with van der Waals surface area (Å²) in [5.41, 5.74) is 9.20. The minimum absolute atomic E-state index is 0.603. The van der Waals surface area contributed by atoms with Crippen molar-refractivity contribution < 1.29 is 0 Å². The summed E-state index contributed by atoms with van der Waals surface area (Å²) >= 11 is 0. The van der Waals surface area contributed by atoms with E-state index in [2.05, 4.69) is 87.6 Å². The molecule has 1 unspecified atom stereocenters. The zero-order valence-electron chi connectivity index (χ0n) is 14.5. The van der Waals surface area contributed by atoms with Crippen LogP contribution in [0.4, 0.5) is 5.69 Å². The average molecular weight is 303 g/mol. The Morgan fingerprint density at radius 1 is 1.13 bits per heavy atom. The molecule has 0 saturated carbocycles. The van der Waals surface area contributed by atoms with Gasteiger partial charge in [-0.1, -0.05) is 61.0 Å². The molecule has 1 nitrogen and oxygen atoms in total. The lowest BCUT2D eigenvalue weighted by atomic mass is 9.92. The van der Waals surface area contributed by atoms with Crippen molar-refractivity contribution in [3.63, 3.8) is 0 Å². The van der Waals surface area contributed by atoms with Crippen LogP contribution in [0.1, 0.15) is 48.9 Å². The van der Waals surface area contributed by atoms with Crippen LogP contribution in [0.2, 0.25) is 0 Å². The number of aryl methyl sites for hydroxylation is 1. The molecule has 23 heavy (non-hydrogen) atoms. The van der Waals surface area contributed by atoms with E-state index in [0.717, 1.165) is 6.54 Å². The molecule has 0 fully saturated rings. The van der Waals surface area contributed by atoms with Crippen molar-refractivity contribution >= 4 is 16.8 Å². The first-order chi connectivity index (χ1) is 11.1. The van der Waals surface area contributed by atoms with Gasteiger partial charge in [-0.2, -0.15) is 0 Å². The van der Waals surface area contributed by atoms with Crippen molar-refractivity contribution in [3.05, 3.63) is 76.9 Å². The zero-order valence-corrected chi connectivity index (χ0v) is 14.5. The van der Waals surface area contributed by atoms with Gasteiger partial charge >= 0.3 is 0 Å². The quantitative estimate of drug-likeness (QED) is 0.539. The van der Waals surface area contributed by atoms with E-state index in [9.17, 15) is 0 Å². The van der Waals surface area contributed by atoms with E-state index in [1.165, 1.54) is 39.1 Å². The molecule has 1 aliphatic heterocycles. The molecule has 118 valence electrons. The molecule has 1 aliphatic rings. The van der Waals surface area contributed by atoms with Crippen LogP contribution in [0, 0.1) is 6.92 Å². The summed E-state index contributed by atoms with van der Waals surface area (Å²) in [6, 6.07) is 15.6. The van der Waals surface area contributed by atoms with Gasteiger partial charge in [0.2, 0.25) is 0 Å². The molecule has 0 bridgehead atoms. The highest BCUT2D eigenvalue weighted by Gasteiger charge is 2.18.